The van der Waals surface area contributed by atoms with Gasteiger partial charge < -0.3 is 11.1 Å². The Morgan fingerprint density at radius 3 is 3.12 bits per heavy atom. The van der Waals surface area contributed by atoms with Gasteiger partial charge in [0.2, 0.25) is 5.95 Å². The molecule has 2 atom stereocenters. The third-order valence-corrected chi connectivity index (χ3v) is 3.60. The van der Waals surface area contributed by atoms with Gasteiger partial charge in [-0.15, -0.1) is 0 Å². The molecule has 3 heterocycles. The monoisotopic (exact) mass is 221 g/mol. The van der Waals surface area contributed by atoms with Crippen molar-refractivity contribution in [2.45, 2.75) is 18.5 Å². The number of nitrogens with two attached hydrogens (primary N) is 1. The van der Waals surface area contributed by atoms with Crippen molar-refractivity contribution in [3.8, 4) is 0 Å². The van der Waals surface area contributed by atoms with Crippen molar-refractivity contribution in [3.05, 3.63) is 21.6 Å². The predicted molar refractivity (Wildman–Crippen MR) is 60.1 cm³/mol. The maximum atomic E-state index is 11.9. The largest absolute Gasteiger partial charge is 0.369 e. The van der Waals surface area contributed by atoms with Crippen molar-refractivity contribution in [2.75, 3.05) is 25.9 Å². The maximum absolute atomic E-state index is 11.9. The van der Waals surface area contributed by atoms with Crippen molar-refractivity contribution < 1.29 is 0 Å². The zero-order valence-electron chi connectivity index (χ0n) is 9.16. The summed E-state index contributed by atoms with van der Waals surface area (Å²) in [5.74, 6) is 0.222. The van der Waals surface area contributed by atoms with Crippen molar-refractivity contribution in [3.63, 3.8) is 0 Å². The number of nitrogen functional groups attached to an aromatic ring is 1. The minimum atomic E-state index is -0.0958. The van der Waals surface area contributed by atoms with Gasteiger partial charge >= 0.3 is 0 Å². The molecule has 1 saturated heterocycles. The van der Waals surface area contributed by atoms with E-state index in [4.69, 9.17) is 5.73 Å². The van der Waals surface area contributed by atoms with Crippen LogP contribution in [0.2, 0.25) is 0 Å². The summed E-state index contributed by atoms with van der Waals surface area (Å²) in [4.78, 5) is 21.0. The molecule has 0 aliphatic carbocycles. The van der Waals surface area contributed by atoms with Gasteiger partial charge in [-0.3, -0.25) is 14.7 Å². The van der Waals surface area contributed by atoms with Crippen LogP contribution in [-0.4, -0.2) is 41.0 Å². The Bertz CT molecular complexity index is 483. The summed E-state index contributed by atoms with van der Waals surface area (Å²) >= 11 is 0. The predicted octanol–water partition coefficient (Wildman–Crippen LogP) is -1.15. The first-order valence-electron chi connectivity index (χ1n) is 5.48. The van der Waals surface area contributed by atoms with E-state index in [2.05, 4.69) is 27.2 Å². The molecule has 3 rings (SSSR count). The van der Waals surface area contributed by atoms with Gasteiger partial charge in [0.1, 0.15) is 0 Å². The van der Waals surface area contributed by atoms with Crippen LogP contribution in [-0.2, 0) is 6.42 Å². The van der Waals surface area contributed by atoms with E-state index >= 15 is 0 Å². The van der Waals surface area contributed by atoms with Crippen LogP contribution in [0.5, 0.6) is 0 Å². The van der Waals surface area contributed by atoms with Crippen LogP contribution in [0.25, 0.3) is 0 Å². The zero-order chi connectivity index (χ0) is 11.3. The summed E-state index contributed by atoms with van der Waals surface area (Å²) in [6, 6.07) is 0.541. The number of anilines is 1. The molecule has 1 fully saturated rings. The lowest BCUT2D eigenvalue weighted by Crippen LogP contribution is -2.56. The van der Waals surface area contributed by atoms with Gasteiger partial charge in [-0.2, -0.15) is 0 Å². The first-order chi connectivity index (χ1) is 7.66. The number of fused-ring (bicyclic) bond motifs is 4. The molecule has 86 valence electrons. The van der Waals surface area contributed by atoms with E-state index in [0.717, 1.165) is 30.8 Å². The number of aromatic amines is 1. The van der Waals surface area contributed by atoms with E-state index in [1.165, 1.54) is 0 Å². The second-order valence-electron chi connectivity index (χ2n) is 4.51. The highest BCUT2D eigenvalue weighted by Crippen LogP contribution is 2.30. The Kier molecular flexibility index (Phi) is 2.02. The molecule has 2 bridgehead atoms. The molecule has 16 heavy (non-hydrogen) atoms. The van der Waals surface area contributed by atoms with E-state index in [-0.39, 0.29) is 17.5 Å². The van der Waals surface area contributed by atoms with E-state index in [0.29, 0.717) is 6.04 Å². The second-order valence-corrected chi connectivity index (χ2v) is 4.51. The summed E-state index contributed by atoms with van der Waals surface area (Å²) in [5, 5.41) is 3.35. The number of aromatic nitrogens is 2. The number of likely N-dealkylation sites (N-methyl/N-ethyl adjacent to an activating group) is 1. The summed E-state index contributed by atoms with van der Waals surface area (Å²) in [7, 11) is 2.06. The minimum Gasteiger partial charge on any atom is -0.369 e. The number of nitrogens with one attached hydrogen (secondary N) is 2. The van der Waals surface area contributed by atoms with Gasteiger partial charge in [0, 0.05) is 25.6 Å². The number of rotatable bonds is 0. The van der Waals surface area contributed by atoms with Gasteiger partial charge in [-0.05, 0) is 7.05 Å². The summed E-state index contributed by atoms with van der Waals surface area (Å²) in [6.45, 7) is 1.75. The first kappa shape index (κ1) is 9.80. The van der Waals surface area contributed by atoms with Crippen molar-refractivity contribution in [2.24, 2.45) is 0 Å². The number of hydrogen-bond acceptors (Lipinski definition) is 5. The molecule has 1 aromatic heterocycles. The van der Waals surface area contributed by atoms with Gasteiger partial charge in [0.05, 0.1) is 17.3 Å². The molecule has 0 amide bonds. The van der Waals surface area contributed by atoms with E-state index in [9.17, 15) is 4.79 Å². The van der Waals surface area contributed by atoms with E-state index in [1.54, 1.807) is 0 Å². The highest BCUT2D eigenvalue weighted by molar-refractivity contribution is 5.32. The highest BCUT2D eigenvalue weighted by atomic mass is 16.1. The molecule has 4 N–H and O–H groups in total. The molecule has 0 aromatic carbocycles. The van der Waals surface area contributed by atoms with Gasteiger partial charge in [-0.25, -0.2) is 4.98 Å². The molecule has 6 nitrogen and oxygen atoms in total. The zero-order valence-corrected chi connectivity index (χ0v) is 9.16. The molecule has 0 spiro atoms. The average Bonchev–Trinajstić information content (AvgIpc) is 2.18. The Hall–Kier alpha value is -1.40. The molecule has 0 radical (unpaired) electrons. The number of H-pyrrole nitrogens is 1. The van der Waals surface area contributed by atoms with Crippen molar-refractivity contribution in [1.82, 2.24) is 20.2 Å². The van der Waals surface area contributed by atoms with E-state index in [1.807, 2.05) is 0 Å². The molecular weight excluding hydrogens is 206 g/mol. The lowest BCUT2D eigenvalue weighted by molar-refractivity contribution is 0.112. The lowest BCUT2D eigenvalue weighted by atomic mass is 9.90. The molecule has 6 heteroatoms. The van der Waals surface area contributed by atoms with Crippen LogP contribution >= 0.6 is 0 Å². The van der Waals surface area contributed by atoms with Crippen molar-refractivity contribution in [1.29, 1.82) is 0 Å². The number of piperazine rings is 1. The van der Waals surface area contributed by atoms with Crippen LogP contribution < -0.4 is 16.6 Å². The van der Waals surface area contributed by atoms with Crippen LogP contribution in [0.3, 0.4) is 0 Å². The van der Waals surface area contributed by atoms with Gasteiger partial charge in [0.25, 0.3) is 5.56 Å². The molecule has 2 unspecified atom stereocenters. The summed E-state index contributed by atoms with van der Waals surface area (Å²) in [6.07, 6.45) is 0.795. The van der Waals surface area contributed by atoms with Crippen molar-refractivity contribution >= 4 is 5.95 Å². The smallest absolute Gasteiger partial charge is 0.257 e. The Balaban J connectivity index is 2.18. The maximum Gasteiger partial charge on any atom is 0.257 e. The fraction of sp³-hybridized carbons (Fsp3) is 0.600. The van der Waals surface area contributed by atoms with Crippen LogP contribution in [0.15, 0.2) is 4.79 Å². The Labute approximate surface area is 92.9 Å². The number of nitrogens with zero attached hydrogens (tertiary/aromatic N) is 2. The Morgan fingerprint density at radius 1 is 1.50 bits per heavy atom. The van der Waals surface area contributed by atoms with Gasteiger partial charge in [0.15, 0.2) is 0 Å². The standard InChI is InChI=1S/C10H15N5O/c1-15-5-2-6-8(7(15)4-12-3-5)9(16)14-10(11)13-6/h5,7,12H,2-4H2,1H3,(H3,11,13,14,16). The van der Waals surface area contributed by atoms with Gasteiger partial charge in [-0.1, -0.05) is 0 Å². The normalized spacial score (nSPS) is 28.8. The van der Waals surface area contributed by atoms with Crippen LogP contribution in [0.1, 0.15) is 17.3 Å². The van der Waals surface area contributed by atoms with Crippen LogP contribution in [0, 0.1) is 0 Å². The SMILES string of the molecule is CN1C2CNCC1c1c(nc(N)[nH]c1=O)C2. The fourth-order valence-electron chi connectivity index (χ4n) is 2.72. The highest BCUT2D eigenvalue weighted by Gasteiger charge is 2.37. The summed E-state index contributed by atoms with van der Waals surface area (Å²) in [5.41, 5.74) is 7.13. The molecule has 2 aliphatic heterocycles. The molecule has 0 saturated carbocycles. The molecular formula is C10H15N5O. The quantitative estimate of drug-likeness (QED) is 0.515. The summed E-state index contributed by atoms with van der Waals surface area (Å²) < 4.78 is 0. The Morgan fingerprint density at radius 2 is 2.31 bits per heavy atom. The molecule has 2 aliphatic rings. The average molecular weight is 221 g/mol. The first-order valence-corrected chi connectivity index (χ1v) is 5.48. The van der Waals surface area contributed by atoms with Crippen LogP contribution in [0.4, 0.5) is 5.95 Å². The van der Waals surface area contributed by atoms with E-state index < -0.39 is 0 Å². The molecule has 1 aromatic rings. The lowest BCUT2D eigenvalue weighted by Gasteiger charge is -2.44. The topological polar surface area (TPSA) is 87.0 Å². The fourth-order valence-corrected chi connectivity index (χ4v) is 2.72. The number of hydrogen-bond donors (Lipinski definition) is 3. The third kappa shape index (κ3) is 1.27. The minimum absolute atomic E-state index is 0.0958. The second kappa shape index (κ2) is 3.29. The third-order valence-electron chi connectivity index (χ3n) is 3.60.